The Labute approximate surface area is 223 Å². The van der Waals surface area contributed by atoms with Gasteiger partial charge < -0.3 is 20.4 Å². The Morgan fingerprint density at radius 2 is 1.92 bits per heavy atom. The first-order valence-corrected chi connectivity index (χ1v) is 12.3. The van der Waals surface area contributed by atoms with E-state index in [4.69, 9.17) is 0 Å². The monoisotopic (exact) mass is 516 g/mol. The highest BCUT2D eigenvalue weighted by molar-refractivity contribution is 6.09. The fourth-order valence-corrected chi connectivity index (χ4v) is 3.95. The average Bonchev–Trinajstić information content (AvgIpc) is 2.89. The molecular formula is C28H36N8O2. The van der Waals surface area contributed by atoms with Crippen molar-refractivity contribution in [1.82, 2.24) is 19.4 Å². The Morgan fingerprint density at radius 3 is 2.55 bits per heavy atom. The van der Waals surface area contributed by atoms with E-state index in [1.54, 1.807) is 32.4 Å². The van der Waals surface area contributed by atoms with Gasteiger partial charge in [-0.1, -0.05) is 12.7 Å². The summed E-state index contributed by atoms with van der Waals surface area (Å²) in [5.41, 5.74) is 4.56. The second-order valence-corrected chi connectivity index (χ2v) is 9.23. The van der Waals surface area contributed by atoms with Crippen molar-refractivity contribution in [3.8, 4) is 0 Å². The first-order valence-electron chi connectivity index (χ1n) is 12.3. The van der Waals surface area contributed by atoms with Gasteiger partial charge in [0, 0.05) is 51.5 Å². The van der Waals surface area contributed by atoms with Gasteiger partial charge in [-0.3, -0.25) is 19.1 Å². The lowest BCUT2D eigenvalue weighted by atomic mass is 10.1. The number of carbonyl (C=O) groups is 1. The normalized spacial score (nSPS) is 11.8. The summed E-state index contributed by atoms with van der Waals surface area (Å²) in [6, 6.07) is 5.62. The number of nitrogens with one attached hydrogen (secondary N) is 2. The molecular weight excluding hydrogens is 480 g/mol. The molecule has 0 spiro atoms. The van der Waals surface area contributed by atoms with Crippen LogP contribution >= 0.6 is 0 Å². The Bertz CT molecular complexity index is 1470. The maximum absolute atomic E-state index is 13.1. The smallest absolute Gasteiger partial charge is 0.261 e. The first-order chi connectivity index (χ1) is 18.1. The Kier molecular flexibility index (Phi) is 9.14. The van der Waals surface area contributed by atoms with Gasteiger partial charge in [0.1, 0.15) is 5.65 Å². The molecule has 0 unspecified atom stereocenters. The molecule has 2 aromatic heterocycles. The fraction of sp³-hybridized carbons (Fsp3) is 0.321. The number of aryl methyl sites for hydroxylation is 2. The van der Waals surface area contributed by atoms with Crippen molar-refractivity contribution in [3.63, 3.8) is 0 Å². The highest BCUT2D eigenvalue weighted by atomic mass is 16.1. The number of fused-ring (bicyclic) bond motifs is 1. The molecule has 1 aromatic carbocycles. The van der Waals surface area contributed by atoms with Crippen LogP contribution in [0.3, 0.4) is 0 Å². The van der Waals surface area contributed by atoms with Crippen LogP contribution in [0.25, 0.3) is 11.0 Å². The molecule has 3 aromatic rings. The van der Waals surface area contributed by atoms with Gasteiger partial charge >= 0.3 is 0 Å². The highest BCUT2D eigenvalue weighted by Gasteiger charge is 2.16. The number of benzene rings is 1. The van der Waals surface area contributed by atoms with Crippen molar-refractivity contribution < 1.29 is 4.79 Å². The van der Waals surface area contributed by atoms with E-state index in [0.29, 0.717) is 33.9 Å². The van der Waals surface area contributed by atoms with Crippen molar-refractivity contribution >= 4 is 45.7 Å². The van der Waals surface area contributed by atoms with Crippen LogP contribution < -0.4 is 21.1 Å². The Morgan fingerprint density at radius 1 is 1.18 bits per heavy atom. The molecule has 2 N–H and O–H groups in total. The molecule has 0 aliphatic heterocycles. The predicted octanol–water partition coefficient (Wildman–Crippen LogP) is 3.50. The SMILES string of the molecule is C=CC(=O)Nc1cc(Nc2ncc3cc(C(/C=C\C)=NC)c(=O)n(C)c3n2)c(C)cc1N(C)CCN(C)C. The number of allylic oxidation sites excluding steroid dienone is 2. The zero-order valence-electron chi connectivity index (χ0n) is 23.2. The third kappa shape index (κ3) is 6.33. The number of aromatic nitrogens is 3. The van der Waals surface area contributed by atoms with Gasteiger partial charge in [0.25, 0.3) is 5.56 Å². The number of pyridine rings is 1. The van der Waals surface area contributed by atoms with Crippen molar-refractivity contribution in [1.29, 1.82) is 0 Å². The van der Waals surface area contributed by atoms with Crippen LogP contribution in [0.1, 0.15) is 18.1 Å². The summed E-state index contributed by atoms with van der Waals surface area (Å²) in [7, 11) is 9.36. The molecule has 0 saturated carbocycles. The van der Waals surface area contributed by atoms with Gasteiger partial charge in [-0.25, -0.2) is 4.98 Å². The summed E-state index contributed by atoms with van der Waals surface area (Å²) < 4.78 is 1.50. The molecule has 2 heterocycles. The zero-order chi connectivity index (χ0) is 28.0. The first kappa shape index (κ1) is 28.3. The summed E-state index contributed by atoms with van der Waals surface area (Å²) in [6.07, 6.45) is 6.56. The zero-order valence-corrected chi connectivity index (χ0v) is 23.2. The molecule has 0 atom stereocenters. The largest absolute Gasteiger partial charge is 0.372 e. The van der Waals surface area contributed by atoms with E-state index in [0.717, 1.165) is 30.0 Å². The third-order valence-electron chi connectivity index (χ3n) is 6.12. The number of carbonyl (C=O) groups excluding carboxylic acids is 1. The lowest BCUT2D eigenvalue weighted by molar-refractivity contribution is -0.111. The standard InChI is InChI=1S/C28H36N8O2/c1-9-11-21(29-4)20-15-19-17-30-28(33-26(19)36(8)27(20)38)32-22-16-23(31-25(37)10-2)24(14-18(22)3)35(7)13-12-34(5)6/h9-11,14-17H,2,12-13H2,1,3-8H3,(H,31,37)(H,30,32,33)/b11-9-,29-21?. The van der Waals surface area contributed by atoms with Crippen LogP contribution in [0, 0.1) is 6.92 Å². The molecule has 10 nitrogen and oxygen atoms in total. The number of nitrogens with zero attached hydrogens (tertiary/aromatic N) is 6. The molecule has 3 rings (SSSR count). The maximum atomic E-state index is 13.1. The average molecular weight is 517 g/mol. The number of rotatable bonds is 10. The predicted molar refractivity (Wildman–Crippen MR) is 157 cm³/mol. The van der Waals surface area contributed by atoms with Crippen molar-refractivity contribution in [3.05, 3.63) is 70.7 Å². The van der Waals surface area contributed by atoms with Gasteiger partial charge in [-0.2, -0.15) is 4.98 Å². The summed E-state index contributed by atoms with van der Waals surface area (Å²) in [5, 5.41) is 6.87. The van der Waals surface area contributed by atoms with E-state index in [9.17, 15) is 9.59 Å². The summed E-state index contributed by atoms with van der Waals surface area (Å²) in [4.78, 5) is 42.8. The molecule has 0 saturated heterocycles. The number of aliphatic imine (C=N–C) groups is 1. The quantitative estimate of drug-likeness (QED) is 0.314. The van der Waals surface area contributed by atoms with Gasteiger partial charge in [0.2, 0.25) is 11.9 Å². The number of likely N-dealkylation sites (N-methyl/N-ethyl adjacent to an activating group) is 2. The number of anilines is 4. The molecule has 0 aliphatic rings. The van der Waals surface area contributed by atoms with E-state index in [1.807, 2.05) is 53.2 Å². The van der Waals surface area contributed by atoms with E-state index in [2.05, 4.69) is 42.0 Å². The number of hydrogen-bond acceptors (Lipinski definition) is 8. The topological polar surface area (TPSA) is 108 Å². The van der Waals surface area contributed by atoms with E-state index in [1.165, 1.54) is 10.6 Å². The maximum Gasteiger partial charge on any atom is 0.261 e. The molecule has 38 heavy (non-hydrogen) atoms. The third-order valence-corrected chi connectivity index (χ3v) is 6.12. The second kappa shape index (κ2) is 12.3. The lowest BCUT2D eigenvalue weighted by Crippen LogP contribution is -2.29. The van der Waals surface area contributed by atoms with Crippen molar-refractivity contribution in [2.75, 3.05) is 56.8 Å². The van der Waals surface area contributed by atoms with Gasteiger partial charge in [0.15, 0.2) is 0 Å². The van der Waals surface area contributed by atoms with Crippen LogP contribution in [0.5, 0.6) is 0 Å². The molecule has 200 valence electrons. The molecule has 0 radical (unpaired) electrons. The summed E-state index contributed by atoms with van der Waals surface area (Å²) in [5.74, 6) is 0.0265. The minimum atomic E-state index is -0.303. The lowest BCUT2D eigenvalue weighted by Gasteiger charge is -2.25. The van der Waals surface area contributed by atoms with E-state index >= 15 is 0 Å². The van der Waals surface area contributed by atoms with Crippen LogP contribution in [0.15, 0.2) is 59.0 Å². The minimum Gasteiger partial charge on any atom is -0.372 e. The van der Waals surface area contributed by atoms with Crippen LogP contribution in [0.4, 0.5) is 23.0 Å². The molecule has 10 heteroatoms. The minimum absolute atomic E-state index is 0.198. The van der Waals surface area contributed by atoms with Crippen LogP contribution in [-0.4, -0.2) is 72.3 Å². The molecule has 0 fully saturated rings. The van der Waals surface area contributed by atoms with Crippen LogP contribution in [0.2, 0.25) is 0 Å². The number of hydrogen-bond donors (Lipinski definition) is 2. The van der Waals surface area contributed by atoms with Crippen LogP contribution in [-0.2, 0) is 11.8 Å². The summed E-state index contributed by atoms with van der Waals surface area (Å²) in [6.45, 7) is 9.05. The number of amides is 1. The Hall–Kier alpha value is -4.31. The van der Waals surface area contributed by atoms with Gasteiger partial charge in [-0.05, 0) is 63.9 Å². The highest BCUT2D eigenvalue weighted by Crippen LogP contribution is 2.33. The summed E-state index contributed by atoms with van der Waals surface area (Å²) >= 11 is 0. The van der Waals surface area contributed by atoms with Crippen molar-refractivity contribution in [2.45, 2.75) is 13.8 Å². The van der Waals surface area contributed by atoms with Gasteiger partial charge in [-0.15, -0.1) is 0 Å². The Balaban J connectivity index is 2.03. The second-order valence-electron chi connectivity index (χ2n) is 9.23. The van der Waals surface area contributed by atoms with E-state index in [-0.39, 0.29) is 11.5 Å². The molecule has 0 bridgehead atoms. The molecule has 1 amide bonds. The van der Waals surface area contributed by atoms with Gasteiger partial charge in [0.05, 0.1) is 22.6 Å². The fourth-order valence-electron chi connectivity index (χ4n) is 3.95. The molecule has 0 aliphatic carbocycles. The van der Waals surface area contributed by atoms with Crippen molar-refractivity contribution in [2.24, 2.45) is 12.0 Å². The van der Waals surface area contributed by atoms with E-state index < -0.39 is 0 Å².